The lowest BCUT2D eigenvalue weighted by molar-refractivity contribution is 0.0619. The van der Waals surface area contributed by atoms with Crippen molar-refractivity contribution in [2.45, 2.75) is 18.4 Å². The number of nitrogens with zero attached hydrogens (tertiary/aromatic N) is 1. The molecule has 1 fully saturated rings. The molecular formula is C10H15N3O. The van der Waals surface area contributed by atoms with E-state index in [2.05, 4.69) is 10.3 Å². The predicted molar refractivity (Wildman–Crippen MR) is 54.8 cm³/mol. The van der Waals surface area contributed by atoms with Crippen LogP contribution in [0.25, 0.3) is 0 Å². The fourth-order valence-electron chi connectivity index (χ4n) is 1.87. The van der Waals surface area contributed by atoms with Gasteiger partial charge in [0.1, 0.15) is 5.82 Å². The van der Waals surface area contributed by atoms with Crippen LogP contribution >= 0.6 is 0 Å². The Hall–Kier alpha value is -1.13. The summed E-state index contributed by atoms with van der Waals surface area (Å²) in [6, 6.07) is 3.71. The first-order chi connectivity index (χ1) is 6.68. The molecule has 76 valence electrons. The van der Waals surface area contributed by atoms with Crippen molar-refractivity contribution in [2.75, 3.05) is 18.8 Å². The fraction of sp³-hybridized carbons (Fsp3) is 0.500. The monoisotopic (exact) mass is 193 g/mol. The van der Waals surface area contributed by atoms with Gasteiger partial charge in [-0.05, 0) is 30.7 Å². The van der Waals surface area contributed by atoms with Crippen LogP contribution in [0.1, 0.15) is 12.0 Å². The van der Waals surface area contributed by atoms with Gasteiger partial charge >= 0.3 is 0 Å². The van der Waals surface area contributed by atoms with E-state index >= 15 is 0 Å². The zero-order valence-electron chi connectivity index (χ0n) is 8.03. The first kappa shape index (κ1) is 9.43. The van der Waals surface area contributed by atoms with E-state index in [4.69, 9.17) is 5.73 Å². The summed E-state index contributed by atoms with van der Waals surface area (Å²) >= 11 is 0. The minimum absolute atomic E-state index is 0.511. The summed E-state index contributed by atoms with van der Waals surface area (Å²) < 4.78 is 0. The van der Waals surface area contributed by atoms with Crippen LogP contribution in [-0.2, 0) is 6.42 Å². The first-order valence-electron chi connectivity index (χ1n) is 4.81. The number of anilines is 1. The van der Waals surface area contributed by atoms with Crippen molar-refractivity contribution in [1.82, 2.24) is 10.3 Å². The van der Waals surface area contributed by atoms with E-state index in [0.717, 1.165) is 18.5 Å². The maximum Gasteiger partial charge on any atom is 0.123 e. The van der Waals surface area contributed by atoms with Gasteiger partial charge in [-0.15, -0.1) is 0 Å². The van der Waals surface area contributed by atoms with Crippen molar-refractivity contribution in [1.29, 1.82) is 0 Å². The molecule has 1 aliphatic rings. The molecule has 4 heteroatoms. The molecule has 1 unspecified atom stereocenters. The van der Waals surface area contributed by atoms with Crippen LogP contribution < -0.4 is 11.1 Å². The molecule has 1 saturated heterocycles. The summed E-state index contributed by atoms with van der Waals surface area (Å²) in [5.74, 6) is 0.511. The zero-order valence-corrected chi connectivity index (χ0v) is 8.03. The number of aromatic nitrogens is 1. The molecule has 0 spiro atoms. The highest BCUT2D eigenvalue weighted by Crippen LogP contribution is 2.20. The molecule has 2 rings (SSSR count). The molecule has 0 aliphatic carbocycles. The second-order valence-corrected chi connectivity index (χ2v) is 3.92. The van der Waals surface area contributed by atoms with Gasteiger partial charge in [0.2, 0.25) is 0 Å². The van der Waals surface area contributed by atoms with Gasteiger partial charge < -0.3 is 16.2 Å². The van der Waals surface area contributed by atoms with Crippen molar-refractivity contribution in [3.8, 4) is 0 Å². The summed E-state index contributed by atoms with van der Waals surface area (Å²) in [6.07, 6.45) is 3.12. The van der Waals surface area contributed by atoms with Gasteiger partial charge in [-0.2, -0.15) is 0 Å². The topological polar surface area (TPSA) is 71.2 Å². The summed E-state index contributed by atoms with van der Waals surface area (Å²) in [6.45, 7) is 1.55. The molecule has 1 aliphatic heterocycles. The molecule has 0 amide bonds. The third-order valence-corrected chi connectivity index (χ3v) is 2.60. The van der Waals surface area contributed by atoms with Gasteiger partial charge in [0.15, 0.2) is 0 Å². The molecule has 4 N–H and O–H groups in total. The lowest BCUT2D eigenvalue weighted by atomic mass is 9.94. The minimum atomic E-state index is -0.603. The molecule has 1 aromatic rings. The number of hydrogen-bond acceptors (Lipinski definition) is 4. The SMILES string of the molecule is Nc1cc(CC2(O)CCNC2)ccn1. The van der Waals surface area contributed by atoms with Crippen molar-refractivity contribution < 1.29 is 5.11 Å². The number of pyridine rings is 1. The quantitative estimate of drug-likeness (QED) is 0.615. The summed E-state index contributed by atoms with van der Waals surface area (Å²) in [7, 11) is 0. The van der Waals surface area contributed by atoms with Crippen molar-refractivity contribution in [2.24, 2.45) is 0 Å². The second-order valence-electron chi connectivity index (χ2n) is 3.92. The third kappa shape index (κ3) is 2.02. The maximum absolute atomic E-state index is 10.1. The van der Waals surface area contributed by atoms with E-state index in [-0.39, 0.29) is 0 Å². The summed E-state index contributed by atoms with van der Waals surface area (Å²) in [5.41, 5.74) is 6.01. The Bertz CT molecular complexity index is 321. The highest BCUT2D eigenvalue weighted by atomic mass is 16.3. The largest absolute Gasteiger partial charge is 0.388 e. The smallest absolute Gasteiger partial charge is 0.123 e. The predicted octanol–water partition coefficient (Wildman–Crippen LogP) is -0.0693. The highest BCUT2D eigenvalue weighted by Gasteiger charge is 2.30. The fourth-order valence-corrected chi connectivity index (χ4v) is 1.87. The van der Waals surface area contributed by atoms with Crippen LogP contribution in [0, 0.1) is 0 Å². The number of rotatable bonds is 2. The minimum Gasteiger partial charge on any atom is -0.388 e. The average Bonchev–Trinajstić information content (AvgIpc) is 2.51. The molecule has 0 saturated carbocycles. The van der Waals surface area contributed by atoms with E-state index in [0.29, 0.717) is 18.8 Å². The molecular weight excluding hydrogens is 178 g/mol. The second kappa shape index (κ2) is 3.55. The molecule has 14 heavy (non-hydrogen) atoms. The normalized spacial score (nSPS) is 26.6. The maximum atomic E-state index is 10.1. The average molecular weight is 193 g/mol. The van der Waals surface area contributed by atoms with Crippen LogP contribution in [-0.4, -0.2) is 28.8 Å². The van der Waals surface area contributed by atoms with Gasteiger partial charge in [0, 0.05) is 19.2 Å². The van der Waals surface area contributed by atoms with Crippen molar-refractivity contribution in [3.63, 3.8) is 0 Å². The number of β-amino-alcohol motifs (C(OH)–C–C–N with tert-alkyl or cyclic N) is 1. The molecule has 0 bridgehead atoms. The number of nitrogen functional groups attached to an aromatic ring is 1. The van der Waals surface area contributed by atoms with Crippen LogP contribution in [0.4, 0.5) is 5.82 Å². The molecule has 1 aromatic heterocycles. The van der Waals surface area contributed by atoms with E-state index in [9.17, 15) is 5.11 Å². The number of nitrogens with one attached hydrogen (secondary N) is 1. The molecule has 2 heterocycles. The standard InChI is InChI=1S/C10H15N3O/c11-9-5-8(1-3-13-9)6-10(14)2-4-12-7-10/h1,3,5,12,14H,2,4,6-7H2,(H2,11,13). The highest BCUT2D eigenvalue weighted by molar-refractivity contribution is 5.32. The zero-order chi connectivity index (χ0) is 10.0. The van der Waals surface area contributed by atoms with E-state index in [1.54, 1.807) is 6.20 Å². The van der Waals surface area contributed by atoms with Gasteiger partial charge in [-0.3, -0.25) is 0 Å². The number of hydrogen-bond donors (Lipinski definition) is 3. The van der Waals surface area contributed by atoms with Crippen LogP contribution in [0.2, 0.25) is 0 Å². The Morgan fingerprint density at radius 3 is 3.14 bits per heavy atom. The van der Waals surface area contributed by atoms with Crippen LogP contribution in [0.3, 0.4) is 0 Å². The van der Waals surface area contributed by atoms with Gasteiger partial charge in [0.05, 0.1) is 5.60 Å². The van der Waals surface area contributed by atoms with Crippen molar-refractivity contribution in [3.05, 3.63) is 23.9 Å². The Balaban J connectivity index is 2.10. The van der Waals surface area contributed by atoms with Gasteiger partial charge in [-0.1, -0.05) is 0 Å². The molecule has 0 aromatic carbocycles. The Morgan fingerprint density at radius 1 is 1.64 bits per heavy atom. The lowest BCUT2D eigenvalue weighted by Crippen LogP contribution is -2.33. The van der Waals surface area contributed by atoms with E-state index in [1.807, 2.05) is 12.1 Å². The van der Waals surface area contributed by atoms with Gasteiger partial charge in [0.25, 0.3) is 0 Å². The third-order valence-electron chi connectivity index (χ3n) is 2.60. The van der Waals surface area contributed by atoms with Crippen LogP contribution in [0.15, 0.2) is 18.3 Å². The number of aliphatic hydroxyl groups is 1. The molecule has 0 radical (unpaired) electrons. The summed E-state index contributed by atoms with van der Waals surface area (Å²) in [4.78, 5) is 3.92. The Labute approximate surface area is 83.2 Å². The Kier molecular flexibility index (Phi) is 2.39. The van der Waals surface area contributed by atoms with Crippen LogP contribution in [0.5, 0.6) is 0 Å². The molecule has 1 atom stereocenters. The van der Waals surface area contributed by atoms with E-state index < -0.39 is 5.60 Å². The van der Waals surface area contributed by atoms with E-state index in [1.165, 1.54) is 0 Å². The number of nitrogens with two attached hydrogens (primary N) is 1. The van der Waals surface area contributed by atoms with Gasteiger partial charge in [-0.25, -0.2) is 4.98 Å². The first-order valence-corrected chi connectivity index (χ1v) is 4.81. The van der Waals surface area contributed by atoms with Crippen molar-refractivity contribution >= 4 is 5.82 Å². The summed E-state index contributed by atoms with van der Waals surface area (Å²) in [5, 5.41) is 13.3. The lowest BCUT2D eigenvalue weighted by Gasteiger charge is -2.21. The Morgan fingerprint density at radius 2 is 2.50 bits per heavy atom. The molecule has 4 nitrogen and oxygen atoms in total.